The second-order valence-corrected chi connectivity index (χ2v) is 8.54. The van der Waals surface area contributed by atoms with E-state index in [1.165, 1.54) is 0 Å². The van der Waals surface area contributed by atoms with Gasteiger partial charge in [0.15, 0.2) is 5.78 Å². The molecule has 2 aliphatic rings. The molecule has 1 N–H and O–H groups in total. The molecule has 1 aromatic carbocycles. The van der Waals surface area contributed by atoms with Gasteiger partial charge in [0.05, 0.1) is 6.54 Å². The molecule has 2 aliphatic heterocycles. The molecule has 1 saturated heterocycles. The maximum absolute atomic E-state index is 12.8. The number of nitrogens with zero attached hydrogens (tertiary/aromatic N) is 2. The van der Waals surface area contributed by atoms with E-state index >= 15 is 0 Å². The normalized spacial score (nSPS) is 20.9. The van der Waals surface area contributed by atoms with Crippen molar-refractivity contribution in [2.24, 2.45) is 11.8 Å². The fourth-order valence-corrected chi connectivity index (χ4v) is 4.45. The Morgan fingerprint density at radius 3 is 2.55 bits per heavy atom. The smallest absolute Gasteiger partial charge is 0.250 e. The number of likely N-dealkylation sites (tertiary alicyclic amines) is 1. The zero-order chi connectivity index (χ0) is 20.5. The highest BCUT2D eigenvalue weighted by molar-refractivity contribution is 5.98. The molecule has 2 bridgehead atoms. The van der Waals surface area contributed by atoms with Crippen LogP contribution in [0.25, 0.3) is 0 Å². The van der Waals surface area contributed by atoms with Crippen molar-refractivity contribution in [1.29, 1.82) is 0 Å². The minimum Gasteiger partial charge on any atom is -0.326 e. The third-order valence-electron chi connectivity index (χ3n) is 5.92. The first-order valence-corrected chi connectivity index (χ1v) is 10.3. The van der Waals surface area contributed by atoms with E-state index in [2.05, 4.69) is 10.2 Å². The number of piperidine rings is 1. The molecule has 6 nitrogen and oxygen atoms in total. The lowest BCUT2D eigenvalue weighted by molar-refractivity contribution is -0.118. The van der Waals surface area contributed by atoms with Crippen molar-refractivity contribution in [3.8, 4) is 0 Å². The van der Waals surface area contributed by atoms with E-state index in [4.69, 9.17) is 0 Å². The van der Waals surface area contributed by atoms with Crippen molar-refractivity contribution in [1.82, 2.24) is 9.47 Å². The number of aromatic nitrogens is 1. The van der Waals surface area contributed by atoms with Crippen LogP contribution in [-0.2, 0) is 11.3 Å². The third kappa shape index (κ3) is 4.17. The maximum Gasteiger partial charge on any atom is 0.250 e. The number of carbonyl (C=O) groups excluding carboxylic acids is 2. The minimum absolute atomic E-state index is 0.0386. The molecule has 0 aliphatic carbocycles. The van der Waals surface area contributed by atoms with E-state index in [0.29, 0.717) is 29.6 Å². The second kappa shape index (κ2) is 7.95. The molecule has 152 valence electrons. The summed E-state index contributed by atoms with van der Waals surface area (Å²) in [6.07, 6.45) is 1.08. The maximum atomic E-state index is 12.8. The first kappa shape index (κ1) is 19.6. The lowest BCUT2D eigenvalue weighted by Crippen LogP contribution is -2.48. The van der Waals surface area contributed by atoms with E-state index in [-0.39, 0.29) is 23.2 Å². The summed E-state index contributed by atoms with van der Waals surface area (Å²) in [6.45, 7) is 6.44. The monoisotopic (exact) mass is 393 g/mol. The van der Waals surface area contributed by atoms with Crippen LogP contribution in [0.1, 0.15) is 42.2 Å². The van der Waals surface area contributed by atoms with Gasteiger partial charge in [0.25, 0.3) is 5.56 Å². The number of anilines is 1. The lowest BCUT2D eigenvalue weighted by atomic mass is 9.83. The van der Waals surface area contributed by atoms with Crippen LogP contribution in [0.2, 0.25) is 0 Å². The average molecular weight is 393 g/mol. The Labute approximate surface area is 170 Å². The molecule has 3 heterocycles. The molecule has 0 saturated carbocycles. The lowest BCUT2D eigenvalue weighted by Gasteiger charge is -2.42. The van der Waals surface area contributed by atoms with E-state index in [1.54, 1.807) is 30.3 Å². The molecule has 2 atom stereocenters. The molecule has 0 radical (unpaired) electrons. The highest BCUT2D eigenvalue weighted by Gasteiger charge is 2.34. The zero-order valence-corrected chi connectivity index (χ0v) is 16.9. The third-order valence-corrected chi connectivity index (χ3v) is 5.92. The molecular weight excluding hydrogens is 366 g/mol. The van der Waals surface area contributed by atoms with Crippen LogP contribution in [0.15, 0.2) is 47.3 Å². The summed E-state index contributed by atoms with van der Waals surface area (Å²) in [5.74, 6) is 0.664. The minimum atomic E-state index is -0.0872. The zero-order valence-electron chi connectivity index (χ0n) is 16.9. The molecule has 1 unspecified atom stereocenters. The van der Waals surface area contributed by atoms with Crippen LogP contribution in [0.4, 0.5) is 5.69 Å². The number of hydrogen-bond acceptors (Lipinski definition) is 4. The molecule has 1 fully saturated rings. The Kier molecular flexibility index (Phi) is 5.37. The number of pyridine rings is 1. The van der Waals surface area contributed by atoms with Crippen LogP contribution >= 0.6 is 0 Å². The Morgan fingerprint density at radius 1 is 1.07 bits per heavy atom. The van der Waals surface area contributed by atoms with Gasteiger partial charge in [0.2, 0.25) is 5.91 Å². The van der Waals surface area contributed by atoms with Gasteiger partial charge in [-0.05, 0) is 42.7 Å². The van der Waals surface area contributed by atoms with Gasteiger partial charge in [-0.25, -0.2) is 0 Å². The summed E-state index contributed by atoms with van der Waals surface area (Å²) in [5, 5.41) is 2.84. The Balaban J connectivity index is 1.41. The highest BCUT2D eigenvalue weighted by atomic mass is 16.2. The van der Waals surface area contributed by atoms with Gasteiger partial charge in [-0.15, -0.1) is 0 Å². The summed E-state index contributed by atoms with van der Waals surface area (Å²) in [5.41, 5.74) is 2.53. The number of fused-ring (bicyclic) bond motifs is 4. The molecule has 1 amide bonds. The fraction of sp³-hybridized carbons (Fsp3) is 0.435. The van der Waals surface area contributed by atoms with Gasteiger partial charge >= 0.3 is 0 Å². The van der Waals surface area contributed by atoms with Crippen LogP contribution < -0.4 is 10.9 Å². The van der Waals surface area contributed by atoms with E-state index < -0.39 is 0 Å². The summed E-state index contributed by atoms with van der Waals surface area (Å²) in [7, 11) is 0. The number of carbonyl (C=O) groups is 2. The van der Waals surface area contributed by atoms with Crippen molar-refractivity contribution >= 4 is 17.4 Å². The van der Waals surface area contributed by atoms with Crippen molar-refractivity contribution in [3.63, 3.8) is 0 Å². The van der Waals surface area contributed by atoms with Crippen molar-refractivity contribution in [3.05, 3.63) is 64.1 Å². The van der Waals surface area contributed by atoms with E-state index in [0.717, 1.165) is 31.7 Å². The van der Waals surface area contributed by atoms with Crippen LogP contribution in [0.5, 0.6) is 0 Å². The predicted octanol–water partition coefficient (Wildman–Crippen LogP) is 2.74. The van der Waals surface area contributed by atoms with Gasteiger partial charge in [-0.3, -0.25) is 19.3 Å². The summed E-state index contributed by atoms with van der Waals surface area (Å²) < 4.78 is 1.90. The Bertz CT molecular complexity index is 978. The SMILES string of the molecule is CC(C)C(=O)Nc1ccc(C(=O)CN2CC3C[C@@H](C2)c2cccc(=O)n2C3)cc1. The van der Waals surface area contributed by atoms with Gasteiger partial charge in [0.1, 0.15) is 0 Å². The van der Waals surface area contributed by atoms with Crippen LogP contribution in [0, 0.1) is 11.8 Å². The van der Waals surface area contributed by atoms with Crippen LogP contribution in [-0.4, -0.2) is 40.8 Å². The van der Waals surface area contributed by atoms with E-state index in [1.807, 2.05) is 30.5 Å². The number of hydrogen-bond donors (Lipinski definition) is 1. The number of amides is 1. The fourth-order valence-electron chi connectivity index (χ4n) is 4.45. The van der Waals surface area contributed by atoms with Gasteiger partial charge in [0, 0.05) is 54.5 Å². The highest BCUT2D eigenvalue weighted by Crippen LogP contribution is 2.34. The molecule has 2 aromatic rings. The molecule has 29 heavy (non-hydrogen) atoms. The average Bonchev–Trinajstić information content (AvgIpc) is 2.69. The quantitative estimate of drug-likeness (QED) is 0.793. The topological polar surface area (TPSA) is 71.4 Å². The Morgan fingerprint density at radius 2 is 1.83 bits per heavy atom. The number of benzene rings is 1. The number of nitrogens with one attached hydrogen (secondary N) is 1. The van der Waals surface area contributed by atoms with Gasteiger partial charge in [-0.2, -0.15) is 0 Å². The van der Waals surface area contributed by atoms with Crippen molar-refractivity contribution < 1.29 is 9.59 Å². The molecule has 1 aromatic heterocycles. The molecule has 0 spiro atoms. The van der Waals surface area contributed by atoms with Crippen molar-refractivity contribution in [2.75, 3.05) is 25.0 Å². The molecular formula is C23H27N3O3. The van der Waals surface area contributed by atoms with Gasteiger partial charge in [-0.1, -0.05) is 19.9 Å². The number of rotatable bonds is 5. The van der Waals surface area contributed by atoms with Crippen molar-refractivity contribution in [2.45, 2.75) is 32.7 Å². The van der Waals surface area contributed by atoms with Crippen LogP contribution in [0.3, 0.4) is 0 Å². The first-order valence-electron chi connectivity index (χ1n) is 10.3. The summed E-state index contributed by atoms with van der Waals surface area (Å²) in [4.78, 5) is 38.9. The number of Topliss-reactive ketones (excluding diaryl/α,β-unsaturated/α-hetero) is 1. The van der Waals surface area contributed by atoms with E-state index in [9.17, 15) is 14.4 Å². The molecule has 6 heteroatoms. The summed E-state index contributed by atoms with van der Waals surface area (Å²) >= 11 is 0. The second-order valence-electron chi connectivity index (χ2n) is 8.54. The first-order chi connectivity index (χ1) is 13.9. The standard InChI is InChI=1S/C23H27N3O3/c1-15(2)23(29)24-19-8-6-17(7-9-19)21(27)14-25-11-16-10-18(13-25)20-4-3-5-22(28)26(20)12-16/h3-9,15-16,18H,10-14H2,1-2H3,(H,24,29)/t16?,18-/m0/s1. The molecule has 4 rings (SSSR count). The summed E-state index contributed by atoms with van der Waals surface area (Å²) in [6, 6.07) is 12.6. The van der Waals surface area contributed by atoms with Gasteiger partial charge < -0.3 is 9.88 Å². The Hall–Kier alpha value is -2.73. The largest absolute Gasteiger partial charge is 0.326 e. The number of ketones is 1. The predicted molar refractivity (Wildman–Crippen MR) is 112 cm³/mol.